The summed E-state index contributed by atoms with van der Waals surface area (Å²) >= 11 is 0. The fourth-order valence-corrected chi connectivity index (χ4v) is 2.73. The summed E-state index contributed by atoms with van der Waals surface area (Å²) < 4.78 is 5.17. The fourth-order valence-electron chi connectivity index (χ4n) is 2.73. The Morgan fingerprint density at radius 1 is 1.36 bits per heavy atom. The lowest BCUT2D eigenvalue weighted by Gasteiger charge is -2.14. The Balaban J connectivity index is 1.74. The van der Waals surface area contributed by atoms with Crippen LogP contribution in [0.15, 0.2) is 16.7 Å². The number of carbonyl (C=O) groups excluding carboxylic acids is 1. The van der Waals surface area contributed by atoms with Crippen molar-refractivity contribution in [3.63, 3.8) is 0 Å². The van der Waals surface area contributed by atoms with Gasteiger partial charge in [0.1, 0.15) is 5.76 Å². The summed E-state index contributed by atoms with van der Waals surface area (Å²) in [6.07, 6.45) is 3.04. The van der Waals surface area contributed by atoms with Crippen molar-refractivity contribution in [2.75, 3.05) is 5.32 Å². The van der Waals surface area contributed by atoms with Crippen molar-refractivity contribution in [1.82, 2.24) is 15.4 Å². The molecule has 3 rings (SSSR count). The number of nitrogens with zero attached hydrogens (tertiary/aromatic N) is 3. The van der Waals surface area contributed by atoms with Gasteiger partial charge in [-0.1, -0.05) is 12.1 Å². The first-order chi connectivity index (χ1) is 10.6. The van der Waals surface area contributed by atoms with Crippen molar-refractivity contribution in [1.29, 1.82) is 0 Å². The summed E-state index contributed by atoms with van der Waals surface area (Å²) in [4.78, 5) is 12.5. The Morgan fingerprint density at radius 3 is 2.64 bits per heavy atom. The maximum absolute atomic E-state index is 12.5. The third-order valence-electron chi connectivity index (χ3n) is 4.09. The number of hydrogen-bond donors (Lipinski definition) is 1. The summed E-state index contributed by atoms with van der Waals surface area (Å²) in [5, 5.41) is 15.1. The van der Waals surface area contributed by atoms with Gasteiger partial charge in [-0.2, -0.15) is 5.10 Å². The van der Waals surface area contributed by atoms with Crippen LogP contribution in [0.1, 0.15) is 60.7 Å². The summed E-state index contributed by atoms with van der Waals surface area (Å²) in [5.41, 5.74) is 2.63. The minimum Gasteiger partial charge on any atom is -0.361 e. The Labute approximate surface area is 129 Å². The molecule has 0 bridgehead atoms. The molecule has 0 radical (unpaired) electrons. The normalized spacial score (nSPS) is 15.6. The Bertz CT molecular complexity index is 654. The molecule has 22 heavy (non-hydrogen) atoms. The van der Waals surface area contributed by atoms with Crippen molar-refractivity contribution in [2.45, 2.75) is 51.9 Å². The first-order valence-electron chi connectivity index (χ1n) is 7.67. The van der Waals surface area contributed by atoms with Gasteiger partial charge in [0.2, 0.25) is 5.91 Å². The molecular weight excluding hydrogens is 280 g/mol. The van der Waals surface area contributed by atoms with Gasteiger partial charge in [-0.25, -0.2) is 0 Å². The number of aryl methyl sites for hydroxylation is 2. The molecule has 1 saturated carbocycles. The highest BCUT2D eigenvalue weighted by Crippen LogP contribution is 2.38. The molecule has 0 aliphatic heterocycles. The van der Waals surface area contributed by atoms with Crippen molar-refractivity contribution >= 4 is 11.7 Å². The zero-order valence-corrected chi connectivity index (χ0v) is 13.1. The predicted molar refractivity (Wildman–Crippen MR) is 81.6 cm³/mol. The van der Waals surface area contributed by atoms with E-state index in [1.54, 1.807) is 0 Å². The summed E-state index contributed by atoms with van der Waals surface area (Å²) in [7, 11) is 0. The van der Waals surface area contributed by atoms with Crippen LogP contribution in [0.5, 0.6) is 0 Å². The molecule has 6 nitrogen and oxygen atoms in total. The van der Waals surface area contributed by atoms with Crippen LogP contribution in [0.2, 0.25) is 0 Å². The monoisotopic (exact) mass is 300 g/mol. The molecule has 1 fully saturated rings. The van der Waals surface area contributed by atoms with Crippen LogP contribution in [-0.2, 0) is 4.79 Å². The standard InChI is InChI=1S/C16H20N4O2/c1-4-12(15-9(2)20-22-10(15)3)16(21)17-14-8-7-13(18-19-14)11-5-6-11/h7-8,11-12H,4-6H2,1-3H3,(H,17,19,21). The molecule has 0 aromatic carbocycles. The average molecular weight is 300 g/mol. The SMILES string of the molecule is CCC(C(=O)Nc1ccc(C2CC2)nn1)c1c(C)noc1C. The first-order valence-corrected chi connectivity index (χ1v) is 7.67. The maximum Gasteiger partial charge on any atom is 0.233 e. The van der Waals surface area contributed by atoms with E-state index in [4.69, 9.17) is 4.52 Å². The summed E-state index contributed by atoms with van der Waals surface area (Å²) in [5.74, 6) is 1.33. The molecule has 1 atom stereocenters. The highest BCUT2D eigenvalue weighted by Gasteiger charge is 2.27. The molecule has 1 amide bonds. The number of nitrogens with one attached hydrogen (secondary N) is 1. The minimum absolute atomic E-state index is 0.106. The highest BCUT2D eigenvalue weighted by molar-refractivity contribution is 5.95. The van der Waals surface area contributed by atoms with Gasteiger partial charge in [0.15, 0.2) is 5.82 Å². The molecule has 1 aliphatic rings. The third kappa shape index (κ3) is 2.86. The van der Waals surface area contributed by atoms with Crippen LogP contribution in [0.3, 0.4) is 0 Å². The Morgan fingerprint density at radius 2 is 2.14 bits per heavy atom. The van der Waals surface area contributed by atoms with Gasteiger partial charge in [-0.15, -0.1) is 5.10 Å². The van der Waals surface area contributed by atoms with Crippen LogP contribution in [0.25, 0.3) is 0 Å². The molecule has 2 aromatic heterocycles. The molecule has 0 saturated heterocycles. The molecule has 1 unspecified atom stereocenters. The lowest BCUT2D eigenvalue weighted by atomic mass is 9.94. The van der Waals surface area contributed by atoms with Crippen LogP contribution in [-0.4, -0.2) is 21.3 Å². The minimum atomic E-state index is -0.295. The molecule has 116 valence electrons. The fraction of sp³-hybridized carbons (Fsp3) is 0.500. The largest absolute Gasteiger partial charge is 0.361 e. The number of rotatable bonds is 5. The van der Waals surface area contributed by atoms with Gasteiger partial charge in [0.05, 0.1) is 17.3 Å². The van der Waals surface area contributed by atoms with E-state index in [9.17, 15) is 4.79 Å². The van der Waals surface area contributed by atoms with Crippen molar-refractivity contribution in [2.24, 2.45) is 0 Å². The second kappa shape index (κ2) is 5.87. The van der Waals surface area contributed by atoms with Crippen molar-refractivity contribution in [3.8, 4) is 0 Å². The van der Waals surface area contributed by atoms with Gasteiger partial charge in [-0.3, -0.25) is 4.79 Å². The van der Waals surface area contributed by atoms with Gasteiger partial charge in [-0.05, 0) is 45.2 Å². The molecule has 1 aliphatic carbocycles. The number of anilines is 1. The average Bonchev–Trinajstić information content (AvgIpc) is 3.30. The zero-order chi connectivity index (χ0) is 15.7. The summed E-state index contributed by atoms with van der Waals surface area (Å²) in [6, 6.07) is 3.76. The van der Waals surface area contributed by atoms with E-state index in [-0.39, 0.29) is 11.8 Å². The lowest BCUT2D eigenvalue weighted by Crippen LogP contribution is -2.22. The van der Waals surface area contributed by atoms with E-state index in [0.29, 0.717) is 23.9 Å². The van der Waals surface area contributed by atoms with Crippen LogP contribution in [0.4, 0.5) is 5.82 Å². The lowest BCUT2D eigenvalue weighted by molar-refractivity contribution is -0.117. The Hall–Kier alpha value is -2.24. The van der Waals surface area contributed by atoms with E-state index >= 15 is 0 Å². The van der Waals surface area contributed by atoms with Gasteiger partial charge in [0.25, 0.3) is 0 Å². The number of hydrogen-bond acceptors (Lipinski definition) is 5. The van der Waals surface area contributed by atoms with Crippen LogP contribution < -0.4 is 5.32 Å². The van der Waals surface area contributed by atoms with Gasteiger partial charge < -0.3 is 9.84 Å². The molecule has 0 spiro atoms. The molecule has 2 aromatic rings. The van der Waals surface area contributed by atoms with Crippen LogP contribution >= 0.6 is 0 Å². The quantitative estimate of drug-likeness (QED) is 0.917. The van der Waals surface area contributed by atoms with E-state index in [2.05, 4.69) is 20.7 Å². The Kier molecular flexibility index (Phi) is 3.92. The predicted octanol–water partition coefficient (Wildman–Crippen LogP) is 3.09. The summed E-state index contributed by atoms with van der Waals surface area (Å²) in [6.45, 7) is 5.65. The maximum atomic E-state index is 12.5. The zero-order valence-electron chi connectivity index (χ0n) is 13.1. The van der Waals surface area contributed by atoms with E-state index in [1.807, 2.05) is 32.9 Å². The smallest absolute Gasteiger partial charge is 0.233 e. The van der Waals surface area contributed by atoms with Crippen molar-refractivity contribution in [3.05, 3.63) is 34.8 Å². The van der Waals surface area contributed by atoms with Crippen LogP contribution in [0, 0.1) is 13.8 Å². The molecule has 1 N–H and O–H groups in total. The van der Waals surface area contributed by atoms with Crippen molar-refractivity contribution < 1.29 is 9.32 Å². The van der Waals surface area contributed by atoms with E-state index in [0.717, 1.165) is 17.0 Å². The first kappa shape index (κ1) is 14.7. The van der Waals surface area contributed by atoms with Gasteiger partial charge >= 0.3 is 0 Å². The number of aromatic nitrogens is 3. The molecular formula is C16H20N4O2. The molecule has 2 heterocycles. The van der Waals surface area contributed by atoms with E-state index < -0.39 is 0 Å². The highest BCUT2D eigenvalue weighted by atomic mass is 16.5. The topological polar surface area (TPSA) is 80.9 Å². The number of amides is 1. The second-order valence-electron chi connectivity index (χ2n) is 5.81. The second-order valence-corrected chi connectivity index (χ2v) is 5.81. The molecule has 6 heteroatoms. The van der Waals surface area contributed by atoms with E-state index in [1.165, 1.54) is 12.8 Å². The number of carbonyl (C=O) groups is 1. The third-order valence-corrected chi connectivity index (χ3v) is 4.09. The van der Waals surface area contributed by atoms with Gasteiger partial charge in [0, 0.05) is 11.5 Å².